The Morgan fingerprint density at radius 1 is 1.38 bits per heavy atom. The molecule has 5 heteroatoms. The first-order chi connectivity index (χ1) is 7.45. The van der Waals surface area contributed by atoms with Crippen molar-refractivity contribution < 1.29 is 13.2 Å². The maximum atomic E-state index is 12.4. The summed E-state index contributed by atoms with van der Waals surface area (Å²) in [4.78, 5) is 0. The molecule has 90 valence electrons. The predicted octanol–water partition coefficient (Wildman–Crippen LogP) is 3.79. The van der Waals surface area contributed by atoms with Gasteiger partial charge in [-0.15, -0.1) is 0 Å². The van der Waals surface area contributed by atoms with Gasteiger partial charge in [0.1, 0.15) is 0 Å². The molecule has 0 aliphatic rings. The summed E-state index contributed by atoms with van der Waals surface area (Å²) in [6.45, 7) is 3.92. The van der Waals surface area contributed by atoms with E-state index < -0.39 is 11.7 Å². The first-order valence-corrected chi connectivity index (χ1v) is 5.35. The Balaban J connectivity index is 2.82. The Bertz CT molecular complexity index is 336. The highest BCUT2D eigenvalue weighted by molar-refractivity contribution is 5.18. The van der Waals surface area contributed by atoms with Crippen LogP contribution in [0.25, 0.3) is 0 Å². The van der Waals surface area contributed by atoms with Crippen molar-refractivity contribution in [1.82, 2.24) is 10.2 Å². The Morgan fingerprint density at radius 3 is 2.62 bits per heavy atom. The van der Waals surface area contributed by atoms with E-state index in [-0.39, 0.29) is 5.92 Å². The van der Waals surface area contributed by atoms with Crippen LogP contribution in [-0.2, 0) is 6.18 Å². The van der Waals surface area contributed by atoms with E-state index in [1.807, 2.05) is 13.8 Å². The third-order valence-corrected chi connectivity index (χ3v) is 2.50. The molecule has 0 aliphatic carbocycles. The molecule has 1 atom stereocenters. The average molecular weight is 232 g/mol. The summed E-state index contributed by atoms with van der Waals surface area (Å²) in [6.07, 6.45) is -0.729. The van der Waals surface area contributed by atoms with Crippen molar-refractivity contribution in [2.45, 2.75) is 45.2 Å². The molecule has 0 saturated heterocycles. The molecule has 0 aromatic carbocycles. The second kappa shape index (κ2) is 5.27. The summed E-state index contributed by atoms with van der Waals surface area (Å²) >= 11 is 0. The lowest BCUT2D eigenvalue weighted by Crippen LogP contribution is -2.09. The third-order valence-electron chi connectivity index (χ3n) is 2.50. The Kier molecular flexibility index (Phi) is 4.26. The van der Waals surface area contributed by atoms with Crippen LogP contribution in [0.15, 0.2) is 12.3 Å². The zero-order chi connectivity index (χ0) is 12.2. The number of hydrogen-bond acceptors (Lipinski definition) is 2. The van der Waals surface area contributed by atoms with E-state index in [4.69, 9.17) is 0 Å². The quantitative estimate of drug-likeness (QED) is 0.789. The fourth-order valence-corrected chi connectivity index (χ4v) is 1.44. The van der Waals surface area contributed by atoms with Gasteiger partial charge in [0, 0.05) is 5.92 Å². The molecule has 0 radical (unpaired) electrons. The lowest BCUT2D eigenvalue weighted by molar-refractivity contribution is -0.138. The predicted molar refractivity (Wildman–Crippen MR) is 55.0 cm³/mol. The van der Waals surface area contributed by atoms with Gasteiger partial charge in [-0.2, -0.15) is 23.4 Å². The van der Waals surface area contributed by atoms with Gasteiger partial charge in [0.25, 0.3) is 0 Å². The van der Waals surface area contributed by atoms with Crippen molar-refractivity contribution in [3.8, 4) is 0 Å². The lowest BCUT2D eigenvalue weighted by atomic mass is 9.99. The number of halogens is 3. The number of aromatic nitrogens is 2. The van der Waals surface area contributed by atoms with Gasteiger partial charge in [-0.05, 0) is 12.5 Å². The normalized spacial score (nSPS) is 13.8. The van der Waals surface area contributed by atoms with Crippen molar-refractivity contribution in [3.05, 3.63) is 23.5 Å². The molecule has 1 rings (SSSR count). The first-order valence-electron chi connectivity index (χ1n) is 5.35. The summed E-state index contributed by atoms with van der Waals surface area (Å²) in [5.74, 6) is 0.0229. The molecule has 0 saturated carbocycles. The molecule has 2 nitrogen and oxygen atoms in total. The second-order valence-corrected chi connectivity index (χ2v) is 3.91. The van der Waals surface area contributed by atoms with Gasteiger partial charge in [0.15, 0.2) is 0 Å². The number of nitrogens with zero attached hydrogens (tertiary/aromatic N) is 2. The highest BCUT2D eigenvalue weighted by Crippen LogP contribution is 2.30. The van der Waals surface area contributed by atoms with Gasteiger partial charge in [-0.3, -0.25) is 0 Å². The second-order valence-electron chi connectivity index (χ2n) is 3.91. The van der Waals surface area contributed by atoms with Crippen LogP contribution in [0.5, 0.6) is 0 Å². The molecule has 1 aromatic heterocycles. The minimum Gasteiger partial charge on any atom is -0.166 e. The number of alkyl halides is 3. The molecule has 0 N–H and O–H groups in total. The summed E-state index contributed by atoms with van der Waals surface area (Å²) in [5, 5.41) is 7.17. The van der Waals surface area contributed by atoms with Crippen LogP contribution >= 0.6 is 0 Å². The van der Waals surface area contributed by atoms with Crippen molar-refractivity contribution >= 4 is 0 Å². The highest BCUT2D eigenvalue weighted by Gasteiger charge is 2.31. The lowest BCUT2D eigenvalue weighted by Gasteiger charge is -2.11. The maximum absolute atomic E-state index is 12.4. The number of hydrogen-bond donors (Lipinski definition) is 0. The number of rotatable bonds is 4. The maximum Gasteiger partial charge on any atom is 0.418 e. The monoisotopic (exact) mass is 232 g/mol. The third kappa shape index (κ3) is 3.47. The molecule has 1 unspecified atom stereocenters. The van der Waals surface area contributed by atoms with Gasteiger partial charge in [0.2, 0.25) is 0 Å². The van der Waals surface area contributed by atoms with E-state index in [2.05, 4.69) is 10.2 Å². The van der Waals surface area contributed by atoms with E-state index in [0.29, 0.717) is 5.69 Å². The Hall–Kier alpha value is -1.13. The molecule has 0 amide bonds. The van der Waals surface area contributed by atoms with Crippen molar-refractivity contribution in [2.24, 2.45) is 0 Å². The van der Waals surface area contributed by atoms with Gasteiger partial charge in [0.05, 0.1) is 17.5 Å². The van der Waals surface area contributed by atoms with Crippen LogP contribution in [0.3, 0.4) is 0 Å². The Morgan fingerprint density at radius 2 is 2.06 bits per heavy atom. The Labute approximate surface area is 92.9 Å². The van der Waals surface area contributed by atoms with Gasteiger partial charge >= 0.3 is 6.18 Å². The minimum absolute atomic E-state index is 0.0229. The van der Waals surface area contributed by atoms with Crippen molar-refractivity contribution in [2.75, 3.05) is 0 Å². The molecular formula is C11H15F3N2. The molecule has 1 heterocycles. The van der Waals surface area contributed by atoms with Crippen LogP contribution in [0.4, 0.5) is 13.2 Å². The van der Waals surface area contributed by atoms with Crippen LogP contribution in [0.2, 0.25) is 0 Å². The van der Waals surface area contributed by atoms with E-state index >= 15 is 0 Å². The number of unbranched alkanes of at least 4 members (excludes halogenated alkanes) is 1. The summed E-state index contributed by atoms with van der Waals surface area (Å²) in [5.41, 5.74) is -0.302. The fraction of sp³-hybridized carbons (Fsp3) is 0.636. The van der Waals surface area contributed by atoms with E-state index in [1.54, 1.807) is 0 Å². The first kappa shape index (κ1) is 12.9. The molecule has 0 aliphatic heterocycles. The average Bonchev–Trinajstić information content (AvgIpc) is 2.25. The molecule has 16 heavy (non-hydrogen) atoms. The fourth-order valence-electron chi connectivity index (χ4n) is 1.44. The van der Waals surface area contributed by atoms with Gasteiger partial charge < -0.3 is 0 Å². The molecule has 0 fully saturated rings. The topological polar surface area (TPSA) is 25.8 Å². The van der Waals surface area contributed by atoms with Crippen molar-refractivity contribution in [1.29, 1.82) is 0 Å². The van der Waals surface area contributed by atoms with E-state index in [1.165, 1.54) is 0 Å². The van der Waals surface area contributed by atoms with Crippen LogP contribution in [0.1, 0.15) is 50.3 Å². The van der Waals surface area contributed by atoms with E-state index in [9.17, 15) is 13.2 Å². The van der Waals surface area contributed by atoms with Crippen molar-refractivity contribution in [3.63, 3.8) is 0 Å². The summed E-state index contributed by atoms with van der Waals surface area (Å²) in [6, 6.07) is 1.09. The summed E-state index contributed by atoms with van der Waals surface area (Å²) in [7, 11) is 0. The SMILES string of the molecule is CCCCC(C)c1cc(C(F)(F)F)cnn1. The molecular weight excluding hydrogens is 217 g/mol. The zero-order valence-electron chi connectivity index (χ0n) is 9.38. The van der Waals surface area contributed by atoms with Gasteiger partial charge in [-0.1, -0.05) is 26.7 Å². The molecule has 0 bridgehead atoms. The standard InChI is InChI=1S/C11H15F3N2/c1-3-4-5-8(2)10-6-9(7-15-16-10)11(12,13)14/h6-8H,3-5H2,1-2H3. The molecule has 0 spiro atoms. The van der Waals surface area contributed by atoms with Crippen LogP contribution in [0, 0.1) is 0 Å². The van der Waals surface area contributed by atoms with Gasteiger partial charge in [-0.25, -0.2) is 0 Å². The molecule has 1 aromatic rings. The highest BCUT2D eigenvalue weighted by atomic mass is 19.4. The smallest absolute Gasteiger partial charge is 0.166 e. The van der Waals surface area contributed by atoms with Crippen LogP contribution < -0.4 is 0 Å². The van der Waals surface area contributed by atoms with E-state index in [0.717, 1.165) is 31.5 Å². The summed E-state index contributed by atoms with van der Waals surface area (Å²) < 4.78 is 37.2. The zero-order valence-corrected chi connectivity index (χ0v) is 9.38. The largest absolute Gasteiger partial charge is 0.418 e. The minimum atomic E-state index is -4.34. The van der Waals surface area contributed by atoms with Crippen LogP contribution in [-0.4, -0.2) is 10.2 Å².